The van der Waals surface area contributed by atoms with Crippen LogP contribution in [0.2, 0.25) is 0 Å². The number of nitrogens with zero attached hydrogens (tertiary/aromatic N) is 2. The lowest BCUT2D eigenvalue weighted by Crippen LogP contribution is -2.34. The summed E-state index contributed by atoms with van der Waals surface area (Å²) < 4.78 is 11.0. The van der Waals surface area contributed by atoms with Gasteiger partial charge in [0.15, 0.2) is 0 Å². The van der Waals surface area contributed by atoms with E-state index < -0.39 is 0 Å². The van der Waals surface area contributed by atoms with Gasteiger partial charge in [-0.3, -0.25) is 9.59 Å². The summed E-state index contributed by atoms with van der Waals surface area (Å²) in [7, 11) is 0. The van der Waals surface area contributed by atoms with Crippen LogP contribution in [-0.4, -0.2) is 87.1 Å². The summed E-state index contributed by atoms with van der Waals surface area (Å²) in [6.07, 6.45) is 15.2. The van der Waals surface area contributed by atoms with E-state index in [9.17, 15) is 9.59 Å². The molecule has 2 rings (SSSR count). The molecule has 6 nitrogen and oxygen atoms in total. The van der Waals surface area contributed by atoms with E-state index in [4.69, 9.17) is 9.47 Å². The number of unbranched alkanes of at least 4 members (excludes halogenated alkanes) is 6. The molecule has 0 N–H and O–H groups in total. The van der Waals surface area contributed by atoms with E-state index >= 15 is 0 Å². The quantitative estimate of drug-likeness (QED) is 0.248. The Morgan fingerprint density at radius 1 is 0.529 bits per heavy atom. The highest BCUT2D eigenvalue weighted by molar-refractivity contribution is 5.79. The van der Waals surface area contributed by atoms with Gasteiger partial charge in [-0.25, -0.2) is 0 Å². The van der Waals surface area contributed by atoms with Crippen LogP contribution in [0.1, 0.15) is 104 Å². The van der Waals surface area contributed by atoms with Crippen LogP contribution in [0.15, 0.2) is 0 Å². The number of hydrogen-bond donors (Lipinski definition) is 0. The Hall–Kier alpha value is -0.820. The number of carbonyl (C=O) groups is 2. The first-order valence-corrected chi connectivity index (χ1v) is 14.3. The Bertz CT molecular complexity index is 437. The van der Waals surface area contributed by atoms with Crippen molar-refractivity contribution in [2.24, 2.45) is 0 Å². The largest absolute Gasteiger partial charge is 0.381 e. The fraction of sp³-hybridized carbons (Fsp3) is 0.929. The van der Waals surface area contributed by atoms with Crippen molar-refractivity contribution in [2.75, 3.05) is 65.7 Å². The summed E-state index contributed by atoms with van der Waals surface area (Å²) in [5, 5.41) is 0. The van der Waals surface area contributed by atoms with Crippen molar-refractivity contribution in [3.05, 3.63) is 0 Å². The first kappa shape index (κ1) is 31.2. The molecule has 34 heavy (non-hydrogen) atoms. The number of rotatable bonds is 18. The average Bonchev–Trinajstić information content (AvgIpc) is 2.85. The molecular weight excluding hydrogens is 428 g/mol. The maximum absolute atomic E-state index is 11.1. The van der Waals surface area contributed by atoms with Crippen LogP contribution in [-0.2, 0) is 19.1 Å². The first-order chi connectivity index (χ1) is 16.7. The van der Waals surface area contributed by atoms with Crippen molar-refractivity contribution in [2.45, 2.75) is 104 Å². The molecule has 0 radical (unpaired) electrons. The van der Waals surface area contributed by atoms with E-state index in [2.05, 4.69) is 23.6 Å². The van der Waals surface area contributed by atoms with Gasteiger partial charge in [-0.05, 0) is 64.5 Å². The maximum atomic E-state index is 11.1. The van der Waals surface area contributed by atoms with Gasteiger partial charge < -0.3 is 19.3 Å². The zero-order valence-corrected chi connectivity index (χ0v) is 22.5. The van der Waals surface area contributed by atoms with Crippen molar-refractivity contribution >= 4 is 11.6 Å². The number of likely N-dealkylation sites (tertiary alicyclic amines) is 2. The van der Waals surface area contributed by atoms with Crippen molar-refractivity contribution in [3.8, 4) is 0 Å². The third-order valence-electron chi connectivity index (χ3n) is 6.64. The predicted octanol–water partition coefficient (Wildman–Crippen LogP) is 5.28. The monoisotopic (exact) mass is 482 g/mol. The highest BCUT2D eigenvalue weighted by atomic mass is 16.5. The van der Waals surface area contributed by atoms with Crippen LogP contribution in [0.25, 0.3) is 0 Å². The smallest absolute Gasteiger partial charge is 0.135 e. The van der Waals surface area contributed by atoms with Gasteiger partial charge in [0.2, 0.25) is 0 Å². The lowest BCUT2D eigenvalue weighted by atomic mass is 10.1. The Kier molecular flexibility index (Phi) is 20.8. The second-order valence-corrected chi connectivity index (χ2v) is 9.81. The fourth-order valence-electron chi connectivity index (χ4n) is 4.18. The number of piperidine rings is 2. The van der Waals surface area contributed by atoms with Gasteiger partial charge in [-0.15, -0.1) is 0 Å². The SMILES string of the molecule is CCCCOCCCCCN1CCC(=O)CC1.CCCCOCCCCCN1CCC(=O)CC1. The predicted molar refractivity (Wildman–Crippen MR) is 141 cm³/mol. The molecule has 0 aromatic rings. The van der Waals surface area contributed by atoms with Crippen LogP contribution in [0, 0.1) is 0 Å². The van der Waals surface area contributed by atoms with Crippen molar-refractivity contribution in [1.29, 1.82) is 0 Å². The Morgan fingerprint density at radius 2 is 0.882 bits per heavy atom. The van der Waals surface area contributed by atoms with Gasteiger partial charge in [0, 0.05) is 78.3 Å². The summed E-state index contributed by atoms with van der Waals surface area (Å²) in [6, 6.07) is 0. The molecule has 2 heterocycles. The number of hydrogen-bond acceptors (Lipinski definition) is 6. The molecule has 0 bridgehead atoms. The van der Waals surface area contributed by atoms with Gasteiger partial charge in [0.25, 0.3) is 0 Å². The fourth-order valence-corrected chi connectivity index (χ4v) is 4.18. The Labute approximate surface area is 210 Å². The van der Waals surface area contributed by atoms with E-state index in [1.54, 1.807) is 0 Å². The minimum atomic E-state index is 0.436. The van der Waals surface area contributed by atoms with Gasteiger partial charge in [-0.1, -0.05) is 26.7 Å². The standard InChI is InChI=1S/2C14H27NO2/c2*1-2-3-12-17-13-6-4-5-9-15-10-7-14(16)8-11-15/h2*2-13H2,1H3. The van der Waals surface area contributed by atoms with Crippen LogP contribution in [0.4, 0.5) is 0 Å². The van der Waals surface area contributed by atoms with Crippen molar-refractivity contribution < 1.29 is 19.1 Å². The molecule has 0 aromatic heterocycles. The molecule has 0 aromatic carbocycles. The zero-order valence-electron chi connectivity index (χ0n) is 22.5. The summed E-state index contributed by atoms with van der Waals surface area (Å²) in [4.78, 5) is 27.0. The number of ether oxygens (including phenoxy) is 2. The molecular formula is C28H54N2O4. The Balaban J connectivity index is 0.000000340. The summed E-state index contributed by atoms with van der Waals surface area (Å²) in [6.45, 7) is 14.3. The molecule has 0 atom stereocenters. The van der Waals surface area contributed by atoms with Gasteiger partial charge in [0.05, 0.1) is 0 Å². The molecule has 2 aliphatic heterocycles. The molecule has 0 saturated carbocycles. The molecule has 2 saturated heterocycles. The topological polar surface area (TPSA) is 59.1 Å². The second-order valence-electron chi connectivity index (χ2n) is 9.81. The molecule has 200 valence electrons. The van der Waals surface area contributed by atoms with E-state index in [-0.39, 0.29) is 0 Å². The van der Waals surface area contributed by atoms with E-state index in [0.717, 1.165) is 91.4 Å². The molecule has 2 aliphatic rings. The molecule has 0 aliphatic carbocycles. The molecule has 6 heteroatoms. The molecule has 2 fully saturated rings. The highest BCUT2D eigenvalue weighted by Crippen LogP contribution is 2.09. The first-order valence-electron chi connectivity index (χ1n) is 14.3. The molecule has 0 spiro atoms. The van der Waals surface area contributed by atoms with Crippen LogP contribution in [0.3, 0.4) is 0 Å². The minimum absolute atomic E-state index is 0.436. The van der Waals surface area contributed by atoms with Gasteiger partial charge in [0.1, 0.15) is 11.6 Å². The number of Topliss-reactive ketones (excluding diaryl/α,β-unsaturated/α-hetero) is 2. The minimum Gasteiger partial charge on any atom is -0.381 e. The van der Waals surface area contributed by atoms with Crippen LogP contribution < -0.4 is 0 Å². The third-order valence-corrected chi connectivity index (χ3v) is 6.64. The highest BCUT2D eigenvalue weighted by Gasteiger charge is 2.15. The second kappa shape index (κ2) is 22.6. The lowest BCUT2D eigenvalue weighted by Gasteiger charge is -2.25. The maximum Gasteiger partial charge on any atom is 0.135 e. The lowest BCUT2D eigenvalue weighted by molar-refractivity contribution is -0.122. The zero-order chi connectivity index (χ0) is 24.7. The van der Waals surface area contributed by atoms with Crippen LogP contribution >= 0.6 is 0 Å². The van der Waals surface area contributed by atoms with Crippen molar-refractivity contribution in [1.82, 2.24) is 9.80 Å². The van der Waals surface area contributed by atoms with Gasteiger partial charge in [-0.2, -0.15) is 0 Å². The Morgan fingerprint density at radius 3 is 1.24 bits per heavy atom. The normalized spacial score (nSPS) is 17.6. The average molecular weight is 483 g/mol. The summed E-state index contributed by atoms with van der Waals surface area (Å²) in [5.41, 5.74) is 0. The number of ketones is 2. The van der Waals surface area contributed by atoms with E-state index in [1.807, 2.05) is 0 Å². The summed E-state index contributed by atoms with van der Waals surface area (Å²) in [5.74, 6) is 0.871. The number of carbonyl (C=O) groups excluding carboxylic acids is 2. The van der Waals surface area contributed by atoms with Crippen molar-refractivity contribution in [3.63, 3.8) is 0 Å². The van der Waals surface area contributed by atoms with E-state index in [0.29, 0.717) is 11.6 Å². The summed E-state index contributed by atoms with van der Waals surface area (Å²) >= 11 is 0. The van der Waals surface area contributed by atoms with Gasteiger partial charge >= 0.3 is 0 Å². The van der Waals surface area contributed by atoms with Crippen LogP contribution in [0.5, 0.6) is 0 Å². The molecule has 0 unspecified atom stereocenters. The van der Waals surface area contributed by atoms with E-state index in [1.165, 1.54) is 64.2 Å². The molecule has 0 amide bonds. The third kappa shape index (κ3) is 18.5.